The van der Waals surface area contributed by atoms with Gasteiger partial charge in [0.15, 0.2) is 5.69 Å². The highest BCUT2D eigenvalue weighted by molar-refractivity contribution is 5.63. The van der Waals surface area contributed by atoms with Gasteiger partial charge >= 0.3 is 0 Å². The second-order valence-corrected chi connectivity index (χ2v) is 6.34. The van der Waals surface area contributed by atoms with Crippen molar-refractivity contribution >= 4 is 11.5 Å². The number of pyridine rings is 1. The third-order valence-corrected chi connectivity index (χ3v) is 4.15. The summed E-state index contributed by atoms with van der Waals surface area (Å²) in [5.74, 6) is 0.864. The highest BCUT2D eigenvalue weighted by Gasteiger charge is 2.02. The molecule has 3 rings (SSSR count). The van der Waals surface area contributed by atoms with E-state index in [9.17, 15) is 0 Å². The number of rotatable bonds is 9. The van der Waals surface area contributed by atoms with Gasteiger partial charge in [-0.2, -0.15) is 10.4 Å². The Balaban J connectivity index is 0.000000426. The number of nitriles is 1. The second-order valence-electron chi connectivity index (χ2n) is 6.34. The van der Waals surface area contributed by atoms with E-state index in [1.165, 1.54) is 0 Å². The lowest BCUT2D eigenvalue weighted by Gasteiger charge is -2.11. The number of hydrogen-bond donors (Lipinski definition) is 3. The minimum Gasteiger partial charge on any atom is -0.382 e. The number of aryl methyl sites for hydroxylation is 1. The van der Waals surface area contributed by atoms with Crippen LogP contribution in [0, 0.1) is 18.3 Å². The summed E-state index contributed by atoms with van der Waals surface area (Å²) in [6.07, 6.45) is 2.78. The highest BCUT2D eigenvalue weighted by atomic mass is 15.3. The van der Waals surface area contributed by atoms with E-state index in [4.69, 9.17) is 5.26 Å². The third kappa shape index (κ3) is 8.03. The van der Waals surface area contributed by atoms with Crippen molar-refractivity contribution in [2.24, 2.45) is 0 Å². The molecule has 0 atom stereocenters. The number of anilines is 2. The quantitative estimate of drug-likeness (QED) is 0.485. The van der Waals surface area contributed by atoms with Gasteiger partial charge in [0.05, 0.1) is 12.2 Å². The molecule has 0 unspecified atom stereocenters. The average molecular weight is 392 g/mol. The van der Waals surface area contributed by atoms with E-state index in [-0.39, 0.29) is 0 Å². The second kappa shape index (κ2) is 12.9. The van der Waals surface area contributed by atoms with E-state index >= 15 is 0 Å². The summed E-state index contributed by atoms with van der Waals surface area (Å²) >= 11 is 0. The van der Waals surface area contributed by atoms with Gasteiger partial charge in [-0.3, -0.25) is 4.68 Å². The Morgan fingerprint density at radius 1 is 1.03 bits per heavy atom. The predicted octanol–water partition coefficient (Wildman–Crippen LogP) is 3.28. The first-order valence-corrected chi connectivity index (χ1v) is 9.76. The normalized spacial score (nSPS) is 9.83. The Hall–Kier alpha value is -3.37. The van der Waals surface area contributed by atoms with Crippen molar-refractivity contribution in [1.29, 1.82) is 5.26 Å². The maximum Gasteiger partial charge on any atom is 0.162 e. The molecule has 0 radical (unpaired) electrons. The highest BCUT2D eigenvalue weighted by Crippen LogP contribution is 2.16. The molecule has 0 saturated carbocycles. The van der Waals surface area contributed by atoms with Crippen LogP contribution in [0.15, 0.2) is 60.8 Å². The van der Waals surface area contributed by atoms with Crippen LogP contribution < -0.4 is 16.0 Å². The molecule has 2 aromatic heterocycles. The Bertz CT molecular complexity index is 842. The topological polar surface area (TPSA) is 90.6 Å². The van der Waals surface area contributed by atoms with Crippen LogP contribution in [0.5, 0.6) is 0 Å². The monoisotopic (exact) mass is 391 g/mol. The molecule has 7 nitrogen and oxygen atoms in total. The fourth-order valence-electron chi connectivity index (χ4n) is 2.67. The zero-order valence-electron chi connectivity index (χ0n) is 17.1. The van der Waals surface area contributed by atoms with Crippen molar-refractivity contribution in [3.8, 4) is 6.07 Å². The summed E-state index contributed by atoms with van der Waals surface area (Å²) in [5.41, 5.74) is 2.51. The molecule has 1 aromatic carbocycles. The van der Waals surface area contributed by atoms with Gasteiger partial charge in [-0.15, -0.1) is 0 Å². The van der Waals surface area contributed by atoms with Crippen LogP contribution in [0.3, 0.4) is 0 Å². The maximum absolute atomic E-state index is 8.82. The summed E-state index contributed by atoms with van der Waals surface area (Å²) in [6.45, 7) is 5.38. The largest absolute Gasteiger partial charge is 0.382 e. The molecule has 7 heteroatoms. The molecule has 0 aliphatic heterocycles. The summed E-state index contributed by atoms with van der Waals surface area (Å²) in [4.78, 5) is 4.25. The van der Waals surface area contributed by atoms with Crippen LogP contribution >= 0.6 is 0 Å². The molecule has 2 heterocycles. The number of nitrogens with zero attached hydrogens (tertiary/aromatic N) is 4. The van der Waals surface area contributed by atoms with Crippen molar-refractivity contribution in [2.45, 2.75) is 19.9 Å². The maximum atomic E-state index is 8.82. The third-order valence-electron chi connectivity index (χ3n) is 4.15. The first-order chi connectivity index (χ1) is 14.2. The number of nitrogens with one attached hydrogen (secondary N) is 3. The van der Waals surface area contributed by atoms with Gasteiger partial charge in [0, 0.05) is 32.0 Å². The van der Waals surface area contributed by atoms with E-state index in [0.717, 1.165) is 49.8 Å². The minimum absolute atomic E-state index is 0.475. The van der Waals surface area contributed by atoms with Crippen molar-refractivity contribution < 1.29 is 0 Å². The summed E-state index contributed by atoms with van der Waals surface area (Å²) in [7, 11) is 1.87. The van der Waals surface area contributed by atoms with Crippen LogP contribution in [-0.2, 0) is 6.54 Å². The fraction of sp³-hybridized carbons (Fsp3) is 0.318. The first-order valence-electron chi connectivity index (χ1n) is 9.76. The number of benzene rings is 1. The van der Waals surface area contributed by atoms with Crippen LogP contribution in [-0.4, -0.2) is 41.4 Å². The fourth-order valence-corrected chi connectivity index (χ4v) is 2.67. The van der Waals surface area contributed by atoms with Crippen molar-refractivity contribution in [2.75, 3.05) is 37.3 Å². The molecule has 0 aliphatic rings. The first kappa shape index (κ1) is 21.9. The van der Waals surface area contributed by atoms with E-state index < -0.39 is 0 Å². The Kier molecular flexibility index (Phi) is 9.77. The molecule has 0 amide bonds. The Morgan fingerprint density at radius 2 is 1.76 bits per heavy atom. The SMILES string of the molecule is CNc1ncccc1NCCCNCCn1nc(C#N)cc1C.c1ccccc1. The van der Waals surface area contributed by atoms with E-state index in [1.54, 1.807) is 12.3 Å². The molecule has 0 saturated heterocycles. The molecule has 0 spiro atoms. The predicted molar refractivity (Wildman–Crippen MR) is 118 cm³/mol. The van der Waals surface area contributed by atoms with Crippen LogP contribution in [0.2, 0.25) is 0 Å². The van der Waals surface area contributed by atoms with Crippen molar-refractivity contribution in [1.82, 2.24) is 20.1 Å². The smallest absolute Gasteiger partial charge is 0.162 e. The molecular weight excluding hydrogens is 362 g/mol. The van der Waals surface area contributed by atoms with Crippen molar-refractivity contribution in [3.05, 3.63) is 72.2 Å². The van der Waals surface area contributed by atoms with Crippen LogP contribution in [0.25, 0.3) is 0 Å². The lowest BCUT2D eigenvalue weighted by Crippen LogP contribution is -2.23. The molecular formula is C22H29N7. The van der Waals surface area contributed by atoms with Gasteiger partial charge < -0.3 is 16.0 Å². The van der Waals surface area contributed by atoms with Crippen molar-refractivity contribution in [3.63, 3.8) is 0 Å². The minimum atomic E-state index is 0.475. The van der Waals surface area contributed by atoms with Gasteiger partial charge in [0.1, 0.15) is 11.9 Å². The standard InChI is InChI=1S/C16H23N7.C6H6/c1-13-11-14(12-17)22-23(13)10-9-19-6-4-8-20-15-5-3-7-21-16(15)18-2;1-2-4-6-5-3-1/h3,5,7,11,19-20H,4,6,8-10H2,1-2H3,(H,18,21);1-6H. The molecule has 3 N–H and O–H groups in total. The zero-order valence-corrected chi connectivity index (χ0v) is 17.1. The van der Waals surface area contributed by atoms with E-state index in [0.29, 0.717) is 5.69 Å². The molecule has 3 aromatic rings. The van der Waals surface area contributed by atoms with E-state index in [1.807, 2.05) is 67.2 Å². The molecule has 29 heavy (non-hydrogen) atoms. The summed E-state index contributed by atoms with van der Waals surface area (Å²) in [5, 5.41) is 22.9. The van der Waals surface area contributed by atoms with Gasteiger partial charge in [0.25, 0.3) is 0 Å². The lowest BCUT2D eigenvalue weighted by atomic mass is 10.3. The van der Waals surface area contributed by atoms with E-state index in [2.05, 4.69) is 32.1 Å². The molecule has 0 bridgehead atoms. The molecule has 0 fully saturated rings. The Labute approximate surface area is 172 Å². The van der Waals surface area contributed by atoms with Crippen LogP contribution in [0.1, 0.15) is 17.8 Å². The molecule has 152 valence electrons. The number of hydrogen-bond acceptors (Lipinski definition) is 6. The van der Waals surface area contributed by atoms with Gasteiger partial charge in [0.2, 0.25) is 0 Å². The summed E-state index contributed by atoms with van der Waals surface area (Å²) in [6, 6.07) is 19.8. The molecule has 0 aliphatic carbocycles. The Morgan fingerprint density at radius 3 is 2.38 bits per heavy atom. The van der Waals surface area contributed by atoms with Gasteiger partial charge in [-0.1, -0.05) is 36.4 Å². The average Bonchev–Trinajstić information content (AvgIpc) is 3.14. The lowest BCUT2D eigenvalue weighted by molar-refractivity contribution is 0.541. The van der Waals surface area contributed by atoms with Gasteiger partial charge in [-0.05, 0) is 38.1 Å². The zero-order chi connectivity index (χ0) is 20.7. The van der Waals surface area contributed by atoms with Crippen LogP contribution in [0.4, 0.5) is 11.5 Å². The summed E-state index contributed by atoms with van der Waals surface area (Å²) < 4.78 is 1.86. The number of aromatic nitrogens is 3. The van der Waals surface area contributed by atoms with Gasteiger partial charge in [-0.25, -0.2) is 4.98 Å².